The Morgan fingerprint density at radius 3 is 2.50 bits per heavy atom. The molecule has 0 aromatic heterocycles. The van der Waals surface area contributed by atoms with Crippen molar-refractivity contribution in [3.8, 4) is 0 Å². The van der Waals surface area contributed by atoms with Gasteiger partial charge in [-0.3, -0.25) is 4.79 Å². The first-order chi connectivity index (χ1) is 7.69. The molecule has 0 aromatic carbocycles. The fraction of sp³-hybridized carbons (Fsp3) is 0.923. The van der Waals surface area contributed by atoms with Gasteiger partial charge in [-0.25, -0.2) is 0 Å². The smallest absolute Gasteiger partial charge is 0.230 e. The molecule has 1 atom stereocenters. The van der Waals surface area contributed by atoms with E-state index < -0.39 is 0 Å². The van der Waals surface area contributed by atoms with Crippen molar-refractivity contribution in [2.75, 3.05) is 13.1 Å². The van der Waals surface area contributed by atoms with Crippen LogP contribution in [0.15, 0.2) is 0 Å². The topological polar surface area (TPSA) is 46.3 Å². The van der Waals surface area contributed by atoms with Crippen LogP contribution in [0.3, 0.4) is 0 Å². The van der Waals surface area contributed by atoms with Crippen LogP contribution in [0.2, 0.25) is 0 Å². The summed E-state index contributed by atoms with van der Waals surface area (Å²) in [5.74, 6) is 0.347. The number of amides is 1. The highest BCUT2D eigenvalue weighted by Gasteiger charge is 2.42. The van der Waals surface area contributed by atoms with Crippen molar-refractivity contribution >= 4 is 5.91 Å². The molecule has 1 saturated carbocycles. The Kier molecular flexibility index (Phi) is 3.53. The monoisotopic (exact) mass is 224 g/mol. The highest BCUT2D eigenvalue weighted by molar-refractivity contribution is 5.83. The van der Waals surface area contributed by atoms with E-state index in [1.165, 1.54) is 19.3 Å². The van der Waals surface area contributed by atoms with E-state index in [2.05, 4.69) is 11.8 Å². The average Bonchev–Trinajstić information content (AvgIpc) is 2.75. The minimum absolute atomic E-state index is 0.211. The molecule has 1 amide bonds. The van der Waals surface area contributed by atoms with Gasteiger partial charge in [-0.05, 0) is 32.6 Å². The summed E-state index contributed by atoms with van der Waals surface area (Å²) in [4.78, 5) is 14.7. The zero-order valence-electron chi connectivity index (χ0n) is 10.4. The third-order valence-electron chi connectivity index (χ3n) is 4.47. The molecule has 1 heterocycles. The SMILES string of the molecule is CC1CCCN1C(=O)C1(CN)CCCCC1. The first kappa shape index (κ1) is 11.9. The highest BCUT2D eigenvalue weighted by Crippen LogP contribution is 2.38. The summed E-state index contributed by atoms with van der Waals surface area (Å²) in [6.07, 6.45) is 7.94. The Hall–Kier alpha value is -0.570. The number of carbonyl (C=O) groups excluding carboxylic acids is 1. The second kappa shape index (κ2) is 4.74. The van der Waals surface area contributed by atoms with E-state index in [1.54, 1.807) is 0 Å². The van der Waals surface area contributed by atoms with Crippen molar-refractivity contribution in [1.82, 2.24) is 4.90 Å². The highest BCUT2D eigenvalue weighted by atomic mass is 16.2. The van der Waals surface area contributed by atoms with Gasteiger partial charge in [-0.15, -0.1) is 0 Å². The van der Waals surface area contributed by atoms with Crippen LogP contribution >= 0.6 is 0 Å². The van der Waals surface area contributed by atoms with E-state index in [0.29, 0.717) is 18.5 Å². The van der Waals surface area contributed by atoms with E-state index >= 15 is 0 Å². The van der Waals surface area contributed by atoms with Gasteiger partial charge < -0.3 is 10.6 Å². The summed E-state index contributed by atoms with van der Waals surface area (Å²) in [6.45, 7) is 3.65. The lowest BCUT2D eigenvalue weighted by Crippen LogP contribution is -2.50. The Morgan fingerprint density at radius 1 is 1.31 bits per heavy atom. The van der Waals surface area contributed by atoms with Crippen LogP contribution in [-0.4, -0.2) is 29.9 Å². The van der Waals surface area contributed by atoms with E-state index in [1.807, 2.05) is 0 Å². The first-order valence-corrected chi connectivity index (χ1v) is 6.71. The predicted octanol–water partition coefficient (Wildman–Crippen LogP) is 1.91. The Morgan fingerprint density at radius 2 is 2.00 bits per heavy atom. The summed E-state index contributed by atoms with van der Waals surface area (Å²) in [7, 11) is 0. The molecule has 0 aromatic rings. The Labute approximate surface area is 98.4 Å². The van der Waals surface area contributed by atoms with E-state index in [9.17, 15) is 4.79 Å². The van der Waals surface area contributed by atoms with Gasteiger partial charge in [0, 0.05) is 19.1 Å². The molecule has 1 saturated heterocycles. The van der Waals surface area contributed by atoms with Gasteiger partial charge in [-0.2, -0.15) is 0 Å². The number of carbonyl (C=O) groups is 1. The molecule has 1 aliphatic carbocycles. The van der Waals surface area contributed by atoms with Gasteiger partial charge in [0.1, 0.15) is 0 Å². The van der Waals surface area contributed by atoms with Gasteiger partial charge in [0.2, 0.25) is 5.91 Å². The number of likely N-dealkylation sites (tertiary alicyclic amines) is 1. The molecule has 2 rings (SSSR count). The maximum absolute atomic E-state index is 12.6. The predicted molar refractivity (Wildman–Crippen MR) is 65.0 cm³/mol. The normalized spacial score (nSPS) is 29.4. The standard InChI is InChI=1S/C13H24N2O/c1-11-6-5-9-15(11)12(16)13(10-14)7-3-2-4-8-13/h11H,2-10,14H2,1H3. The number of rotatable bonds is 2. The van der Waals surface area contributed by atoms with Crippen LogP contribution in [0, 0.1) is 5.41 Å². The summed E-state index contributed by atoms with van der Waals surface area (Å²) < 4.78 is 0. The lowest BCUT2D eigenvalue weighted by Gasteiger charge is -2.39. The van der Waals surface area contributed by atoms with Crippen molar-refractivity contribution in [3.63, 3.8) is 0 Å². The van der Waals surface area contributed by atoms with Gasteiger partial charge in [-0.1, -0.05) is 19.3 Å². The molecular weight excluding hydrogens is 200 g/mol. The third-order valence-corrected chi connectivity index (χ3v) is 4.47. The summed E-state index contributed by atoms with van der Waals surface area (Å²) >= 11 is 0. The molecule has 0 bridgehead atoms. The fourth-order valence-electron chi connectivity index (χ4n) is 3.27. The average molecular weight is 224 g/mol. The van der Waals surface area contributed by atoms with Crippen LogP contribution in [-0.2, 0) is 4.79 Å². The molecule has 2 fully saturated rings. The van der Waals surface area contributed by atoms with Crippen molar-refractivity contribution in [1.29, 1.82) is 0 Å². The van der Waals surface area contributed by atoms with Crippen LogP contribution in [0.4, 0.5) is 0 Å². The second-order valence-corrected chi connectivity index (χ2v) is 5.53. The number of hydrogen-bond donors (Lipinski definition) is 1. The van der Waals surface area contributed by atoms with Crippen molar-refractivity contribution < 1.29 is 4.79 Å². The Bertz CT molecular complexity index is 259. The zero-order chi connectivity index (χ0) is 11.6. The van der Waals surface area contributed by atoms with Gasteiger partial charge in [0.05, 0.1) is 5.41 Å². The van der Waals surface area contributed by atoms with Gasteiger partial charge in [0.15, 0.2) is 0 Å². The molecule has 3 heteroatoms. The molecule has 2 aliphatic rings. The van der Waals surface area contributed by atoms with Gasteiger partial charge in [0.25, 0.3) is 0 Å². The summed E-state index contributed by atoms with van der Waals surface area (Å²) in [5, 5.41) is 0. The summed E-state index contributed by atoms with van der Waals surface area (Å²) in [5.41, 5.74) is 5.69. The van der Waals surface area contributed by atoms with Crippen LogP contribution < -0.4 is 5.73 Å². The van der Waals surface area contributed by atoms with E-state index in [4.69, 9.17) is 5.73 Å². The lowest BCUT2D eigenvalue weighted by molar-refractivity contribution is -0.144. The summed E-state index contributed by atoms with van der Waals surface area (Å²) in [6, 6.07) is 0.429. The van der Waals surface area contributed by atoms with Crippen molar-refractivity contribution in [2.24, 2.45) is 11.1 Å². The van der Waals surface area contributed by atoms with E-state index in [-0.39, 0.29) is 5.41 Å². The Balaban J connectivity index is 2.10. The molecular formula is C13H24N2O. The van der Waals surface area contributed by atoms with Crippen molar-refractivity contribution in [3.05, 3.63) is 0 Å². The zero-order valence-corrected chi connectivity index (χ0v) is 10.4. The number of nitrogens with two attached hydrogens (primary N) is 1. The fourth-order valence-corrected chi connectivity index (χ4v) is 3.27. The largest absolute Gasteiger partial charge is 0.339 e. The molecule has 92 valence electrons. The van der Waals surface area contributed by atoms with Crippen LogP contribution in [0.5, 0.6) is 0 Å². The van der Waals surface area contributed by atoms with Gasteiger partial charge >= 0.3 is 0 Å². The molecule has 0 spiro atoms. The minimum atomic E-state index is -0.211. The molecule has 2 N–H and O–H groups in total. The maximum atomic E-state index is 12.6. The molecule has 1 aliphatic heterocycles. The number of hydrogen-bond acceptors (Lipinski definition) is 2. The third kappa shape index (κ3) is 1.97. The first-order valence-electron chi connectivity index (χ1n) is 6.71. The van der Waals surface area contributed by atoms with E-state index in [0.717, 1.165) is 32.2 Å². The second-order valence-electron chi connectivity index (χ2n) is 5.53. The number of nitrogens with zero attached hydrogens (tertiary/aromatic N) is 1. The quantitative estimate of drug-likeness (QED) is 0.778. The van der Waals surface area contributed by atoms with Crippen LogP contribution in [0.1, 0.15) is 51.9 Å². The molecule has 0 radical (unpaired) electrons. The minimum Gasteiger partial charge on any atom is -0.339 e. The molecule has 16 heavy (non-hydrogen) atoms. The van der Waals surface area contributed by atoms with Crippen LogP contribution in [0.25, 0.3) is 0 Å². The molecule has 3 nitrogen and oxygen atoms in total. The van der Waals surface area contributed by atoms with Crippen molar-refractivity contribution in [2.45, 2.75) is 57.9 Å². The molecule has 1 unspecified atom stereocenters. The lowest BCUT2D eigenvalue weighted by atomic mass is 9.73. The maximum Gasteiger partial charge on any atom is 0.230 e.